The molecule has 1 saturated carbocycles. The van der Waals surface area contributed by atoms with E-state index in [0.29, 0.717) is 0 Å². The first-order valence-electron chi connectivity index (χ1n) is 9.26. The van der Waals surface area contributed by atoms with Crippen LogP contribution in [-0.2, 0) is 6.54 Å². The van der Waals surface area contributed by atoms with E-state index in [1.165, 1.54) is 25.7 Å². The number of nitrogens with zero attached hydrogens (tertiary/aromatic N) is 5. The first kappa shape index (κ1) is 17.2. The number of rotatable bonds is 5. The Kier molecular flexibility index (Phi) is 5.71. The number of aliphatic imine (C=N–C) groups is 1. The van der Waals surface area contributed by atoms with Crippen LogP contribution in [0.1, 0.15) is 56.2 Å². The zero-order chi connectivity index (χ0) is 16.9. The summed E-state index contributed by atoms with van der Waals surface area (Å²) in [6.07, 6.45) is 7.65. The van der Waals surface area contributed by atoms with Gasteiger partial charge in [0.2, 0.25) is 0 Å². The van der Waals surface area contributed by atoms with Crippen LogP contribution in [0.4, 0.5) is 0 Å². The Morgan fingerprint density at radius 3 is 2.83 bits per heavy atom. The molecule has 2 N–H and O–H groups in total. The van der Waals surface area contributed by atoms with Crippen molar-refractivity contribution in [2.75, 3.05) is 27.2 Å². The quantitative estimate of drug-likeness (QED) is 0.631. The zero-order valence-corrected chi connectivity index (χ0v) is 15.3. The Labute approximate surface area is 144 Å². The molecule has 1 aliphatic carbocycles. The van der Waals surface area contributed by atoms with Gasteiger partial charge in [0.15, 0.2) is 5.96 Å². The average molecular weight is 333 g/mol. The number of aryl methyl sites for hydroxylation is 2. The number of fused-ring (bicyclic) bond motifs is 1. The normalized spacial score (nSPS) is 22.0. The van der Waals surface area contributed by atoms with Crippen molar-refractivity contribution in [2.45, 2.75) is 64.1 Å². The highest BCUT2D eigenvalue weighted by Crippen LogP contribution is 2.23. The van der Waals surface area contributed by atoms with Crippen LogP contribution in [0.2, 0.25) is 0 Å². The smallest absolute Gasteiger partial charge is 0.191 e. The fourth-order valence-electron chi connectivity index (χ4n) is 3.84. The third-order valence-corrected chi connectivity index (χ3v) is 5.22. The molecule has 0 saturated heterocycles. The fourth-order valence-corrected chi connectivity index (χ4v) is 3.84. The maximum Gasteiger partial charge on any atom is 0.191 e. The highest BCUT2D eigenvalue weighted by atomic mass is 15.4. The first-order valence-corrected chi connectivity index (χ1v) is 9.26. The Morgan fingerprint density at radius 2 is 2.08 bits per heavy atom. The van der Waals surface area contributed by atoms with Gasteiger partial charge in [-0.05, 0) is 39.7 Å². The average Bonchev–Trinajstić information content (AvgIpc) is 3.22. The van der Waals surface area contributed by atoms with Gasteiger partial charge in [-0.25, -0.2) is 9.67 Å². The molecular formula is C17H31N7. The standard InChI is InChI=1S/C17H31N7/c1-13-20-16-15(9-6-11-24(16)22-13)21-17(18-2)19-10-12-23(3)14-7-4-5-8-14/h14-15H,4-12H2,1-3H3,(H2,18,19,21). The topological polar surface area (TPSA) is 70.4 Å². The van der Waals surface area contributed by atoms with E-state index in [9.17, 15) is 0 Å². The first-order chi connectivity index (χ1) is 11.7. The summed E-state index contributed by atoms with van der Waals surface area (Å²) in [5.74, 6) is 2.73. The molecular weight excluding hydrogens is 302 g/mol. The lowest BCUT2D eigenvalue weighted by atomic mass is 10.1. The second-order valence-corrected chi connectivity index (χ2v) is 7.00. The zero-order valence-electron chi connectivity index (χ0n) is 15.3. The van der Waals surface area contributed by atoms with Crippen molar-refractivity contribution in [2.24, 2.45) is 4.99 Å². The summed E-state index contributed by atoms with van der Waals surface area (Å²) < 4.78 is 2.03. The van der Waals surface area contributed by atoms with Gasteiger partial charge in [-0.2, -0.15) is 5.10 Å². The van der Waals surface area contributed by atoms with Gasteiger partial charge in [0.1, 0.15) is 11.6 Å². The lowest BCUT2D eigenvalue weighted by Crippen LogP contribution is -2.44. The molecule has 0 spiro atoms. The molecule has 1 aromatic heterocycles. The molecule has 1 unspecified atom stereocenters. The molecule has 3 rings (SSSR count). The van der Waals surface area contributed by atoms with Crippen molar-refractivity contribution in [1.82, 2.24) is 30.3 Å². The molecule has 0 amide bonds. The maximum absolute atomic E-state index is 4.58. The Hall–Kier alpha value is -1.63. The minimum absolute atomic E-state index is 0.193. The summed E-state index contributed by atoms with van der Waals surface area (Å²) in [6, 6.07) is 0.959. The van der Waals surface area contributed by atoms with Crippen LogP contribution in [-0.4, -0.2) is 58.9 Å². The van der Waals surface area contributed by atoms with Gasteiger partial charge >= 0.3 is 0 Å². The number of aromatic nitrogens is 3. The highest BCUT2D eigenvalue weighted by molar-refractivity contribution is 5.80. The van der Waals surface area contributed by atoms with Crippen molar-refractivity contribution in [3.05, 3.63) is 11.6 Å². The summed E-state index contributed by atoms with van der Waals surface area (Å²) in [6.45, 7) is 4.87. The van der Waals surface area contributed by atoms with Gasteiger partial charge in [0.05, 0.1) is 6.04 Å². The number of likely N-dealkylation sites (N-methyl/N-ethyl adjacent to an activating group) is 1. The summed E-state index contributed by atoms with van der Waals surface area (Å²) in [4.78, 5) is 11.4. The molecule has 0 radical (unpaired) electrons. The minimum atomic E-state index is 0.193. The molecule has 134 valence electrons. The van der Waals surface area contributed by atoms with Crippen LogP contribution in [0, 0.1) is 6.92 Å². The van der Waals surface area contributed by atoms with E-state index in [0.717, 1.165) is 56.1 Å². The molecule has 1 atom stereocenters. The third-order valence-electron chi connectivity index (χ3n) is 5.22. The molecule has 24 heavy (non-hydrogen) atoms. The summed E-state index contributed by atoms with van der Waals surface area (Å²) in [5, 5.41) is 11.4. The monoisotopic (exact) mass is 333 g/mol. The van der Waals surface area contributed by atoms with Crippen LogP contribution in [0.15, 0.2) is 4.99 Å². The molecule has 0 aromatic carbocycles. The van der Waals surface area contributed by atoms with Gasteiger partial charge in [-0.3, -0.25) is 4.99 Å². The predicted molar refractivity (Wildman–Crippen MR) is 96.1 cm³/mol. The molecule has 2 heterocycles. The van der Waals surface area contributed by atoms with Crippen LogP contribution >= 0.6 is 0 Å². The van der Waals surface area contributed by atoms with Crippen LogP contribution in [0.3, 0.4) is 0 Å². The second-order valence-electron chi connectivity index (χ2n) is 7.00. The van der Waals surface area contributed by atoms with E-state index < -0.39 is 0 Å². The molecule has 1 fully saturated rings. The van der Waals surface area contributed by atoms with Gasteiger partial charge in [0.25, 0.3) is 0 Å². The summed E-state index contributed by atoms with van der Waals surface area (Å²) in [5.41, 5.74) is 0. The van der Waals surface area contributed by atoms with Crippen LogP contribution in [0.25, 0.3) is 0 Å². The van der Waals surface area contributed by atoms with Gasteiger partial charge in [0, 0.05) is 32.7 Å². The van der Waals surface area contributed by atoms with Crippen molar-refractivity contribution >= 4 is 5.96 Å². The third kappa shape index (κ3) is 4.06. The summed E-state index contributed by atoms with van der Waals surface area (Å²) in [7, 11) is 4.06. The Morgan fingerprint density at radius 1 is 1.29 bits per heavy atom. The Balaban J connectivity index is 1.48. The molecule has 7 nitrogen and oxygen atoms in total. The largest absolute Gasteiger partial charge is 0.355 e. The number of guanidine groups is 1. The van der Waals surface area contributed by atoms with E-state index >= 15 is 0 Å². The molecule has 7 heteroatoms. The molecule has 1 aliphatic heterocycles. The van der Waals surface area contributed by atoms with E-state index in [4.69, 9.17) is 0 Å². The van der Waals surface area contributed by atoms with Crippen molar-refractivity contribution in [3.8, 4) is 0 Å². The van der Waals surface area contributed by atoms with E-state index in [1.54, 1.807) is 0 Å². The highest BCUT2D eigenvalue weighted by Gasteiger charge is 2.24. The van der Waals surface area contributed by atoms with Crippen LogP contribution < -0.4 is 10.6 Å². The molecule has 0 bridgehead atoms. The van der Waals surface area contributed by atoms with E-state index in [2.05, 4.69) is 37.7 Å². The molecule has 1 aromatic rings. The lowest BCUT2D eigenvalue weighted by Gasteiger charge is -2.26. The van der Waals surface area contributed by atoms with Gasteiger partial charge < -0.3 is 15.5 Å². The van der Waals surface area contributed by atoms with Crippen LogP contribution in [0.5, 0.6) is 0 Å². The lowest BCUT2D eigenvalue weighted by molar-refractivity contribution is 0.249. The Bertz CT molecular complexity index is 559. The van der Waals surface area contributed by atoms with Gasteiger partial charge in [-0.15, -0.1) is 0 Å². The fraction of sp³-hybridized carbons (Fsp3) is 0.824. The SMILES string of the molecule is CN=C(NCCN(C)C1CCCC1)NC1CCCn2nc(C)nc21. The number of nitrogens with one attached hydrogen (secondary N) is 2. The molecule has 2 aliphatic rings. The van der Waals surface area contributed by atoms with E-state index in [-0.39, 0.29) is 6.04 Å². The summed E-state index contributed by atoms with van der Waals surface area (Å²) >= 11 is 0. The predicted octanol–water partition coefficient (Wildman–Crippen LogP) is 1.46. The number of hydrogen-bond donors (Lipinski definition) is 2. The van der Waals surface area contributed by atoms with Crippen molar-refractivity contribution < 1.29 is 0 Å². The van der Waals surface area contributed by atoms with E-state index in [1.807, 2.05) is 18.7 Å². The minimum Gasteiger partial charge on any atom is -0.355 e. The van der Waals surface area contributed by atoms with Crippen molar-refractivity contribution in [1.29, 1.82) is 0 Å². The second kappa shape index (κ2) is 7.96. The van der Waals surface area contributed by atoms with Gasteiger partial charge in [-0.1, -0.05) is 12.8 Å². The number of hydrogen-bond acceptors (Lipinski definition) is 4. The maximum atomic E-state index is 4.58. The van der Waals surface area contributed by atoms with Crippen molar-refractivity contribution in [3.63, 3.8) is 0 Å².